The number of fused-ring (bicyclic) bond motifs is 3. The van der Waals surface area contributed by atoms with Gasteiger partial charge in [-0.15, -0.1) is 0 Å². The highest BCUT2D eigenvalue weighted by Gasteiger charge is 2.26. The van der Waals surface area contributed by atoms with E-state index in [1.165, 1.54) is 6.92 Å². The summed E-state index contributed by atoms with van der Waals surface area (Å²) in [5.41, 5.74) is 4.30. The number of rotatable bonds is 6. The molecule has 0 aliphatic heterocycles. The number of carbonyl (C=O) groups is 3. The summed E-state index contributed by atoms with van der Waals surface area (Å²) < 4.78 is 7.00. The van der Waals surface area contributed by atoms with Crippen LogP contribution in [0.15, 0.2) is 24.3 Å². The van der Waals surface area contributed by atoms with Crippen LogP contribution < -0.4 is 10.6 Å². The van der Waals surface area contributed by atoms with Crippen LogP contribution in [0, 0.1) is 13.8 Å². The van der Waals surface area contributed by atoms with E-state index in [4.69, 9.17) is 9.72 Å². The van der Waals surface area contributed by atoms with E-state index in [0.29, 0.717) is 6.42 Å². The predicted molar refractivity (Wildman–Crippen MR) is 114 cm³/mol. The van der Waals surface area contributed by atoms with Gasteiger partial charge in [0, 0.05) is 29.2 Å². The van der Waals surface area contributed by atoms with Crippen molar-refractivity contribution in [2.75, 3.05) is 0 Å². The van der Waals surface area contributed by atoms with Crippen molar-refractivity contribution in [3.63, 3.8) is 0 Å². The van der Waals surface area contributed by atoms with Gasteiger partial charge in [-0.25, -0.2) is 14.3 Å². The lowest BCUT2D eigenvalue weighted by Crippen LogP contribution is -2.45. The molecule has 1 atom stereocenters. The Morgan fingerprint density at radius 1 is 1.23 bits per heavy atom. The molecular weight excluding hydrogens is 398 g/mol. The van der Waals surface area contributed by atoms with Gasteiger partial charge in [0.25, 0.3) is 5.91 Å². The first kappa shape index (κ1) is 20.8. The fourth-order valence-electron chi connectivity index (χ4n) is 3.54. The molecule has 1 aromatic carbocycles. The molecule has 3 amide bonds. The Balaban J connectivity index is 1.39. The van der Waals surface area contributed by atoms with E-state index in [2.05, 4.69) is 15.7 Å². The first-order valence-corrected chi connectivity index (χ1v) is 10.4. The number of nitrogens with one attached hydrogen (secondary N) is 2. The number of imide groups is 1. The van der Waals surface area contributed by atoms with E-state index < -0.39 is 24.0 Å². The van der Waals surface area contributed by atoms with Crippen molar-refractivity contribution in [2.24, 2.45) is 0 Å². The van der Waals surface area contributed by atoms with E-state index in [-0.39, 0.29) is 12.5 Å². The summed E-state index contributed by atoms with van der Waals surface area (Å²) in [5, 5.41) is 10.4. The first-order valence-electron chi connectivity index (χ1n) is 10.4. The highest BCUT2D eigenvalue weighted by atomic mass is 16.5. The molecule has 2 N–H and O–H groups in total. The third-order valence-electron chi connectivity index (χ3n) is 5.42. The minimum atomic E-state index is -1.06. The summed E-state index contributed by atoms with van der Waals surface area (Å²) >= 11 is 0. The number of ether oxygens (including phenoxy) is 1. The topological polar surface area (TPSA) is 115 Å². The summed E-state index contributed by atoms with van der Waals surface area (Å²) in [6, 6.07) is 7.38. The second-order valence-corrected chi connectivity index (χ2v) is 7.88. The number of urea groups is 1. The normalized spacial score (nSPS) is 14.4. The summed E-state index contributed by atoms with van der Waals surface area (Å²) in [6.07, 6.45) is 1.27. The molecule has 0 spiro atoms. The van der Waals surface area contributed by atoms with Crippen LogP contribution in [0.3, 0.4) is 0 Å². The zero-order chi connectivity index (χ0) is 22.1. The number of benzene rings is 1. The molecule has 1 aliphatic carbocycles. The Kier molecular flexibility index (Phi) is 5.58. The van der Waals surface area contributed by atoms with Crippen LogP contribution in [0.4, 0.5) is 4.79 Å². The van der Waals surface area contributed by atoms with Crippen molar-refractivity contribution in [3.8, 4) is 0 Å². The van der Waals surface area contributed by atoms with Gasteiger partial charge >= 0.3 is 12.0 Å². The van der Waals surface area contributed by atoms with E-state index >= 15 is 0 Å². The molecule has 3 aromatic rings. The maximum Gasteiger partial charge on any atom is 0.321 e. The van der Waals surface area contributed by atoms with E-state index in [9.17, 15) is 14.4 Å². The smallest absolute Gasteiger partial charge is 0.321 e. The minimum absolute atomic E-state index is 0.0849. The average molecular weight is 423 g/mol. The van der Waals surface area contributed by atoms with Crippen molar-refractivity contribution in [1.29, 1.82) is 0 Å². The zero-order valence-corrected chi connectivity index (χ0v) is 17.8. The summed E-state index contributed by atoms with van der Waals surface area (Å²) in [5.74, 6) is -1.17. The molecule has 2 heterocycles. The minimum Gasteiger partial charge on any atom is -0.453 e. The number of carbonyl (C=O) groups excluding carboxylic acids is 3. The van der Waals surface area contributed by atoms with E-state index in [0.717, 1.165) is 46.3 Å². The Hall–Kier alpha value is -3.49. The van der Waals surface area contributed by atoms with Gasteiger partial charge in [-0.2, -0.15) is 5.10 Å². The number of hydrogen-bond acceptors (Lipinski definition) is 6. The van der Waals surface area contributed by atoms with Crippen LogP contribution in [-0.2, 0) is 20.7 Å². The Labute approximate surface area is 179 Å². The standard InChI is InChI=1S/C22H25N5O4/c1-12-16(13(2)27-20(23-12)17-6-4-5-7-18(17)26-27)10-11-19(28)31-14(3)21(29)25-22(30)24-15-8-9-15/h4-7,14-15H,8-11H2,1-3H3,(H2,24,25,29,30). The highest BCUT2D eigenvalue weighted by Crippen LogP contribution is 2.23. The molecule has 1 fully saturated rings. The van der Waals surface area contributed by atoms with Crippen molar-refractivity contribution >= 4 is 34.5 Å². The van der Waals surface area contributed by atoms with Crippen LogP contribution in [0.2, 0.25) is 0 Å². The van der Waals surface area contributed by atoms with Crippen LogP contribution in [0.25, 0.3) is 16.6 Å². The van der Waals surface area contributed by atoms with Crippen molar-refractivity contribution in [3.05, 3.63) is 41.2 Å². The molecular formula is C22H25N5O4. The number of esters is 1. The molecule has 31 heavy (non-hydrogen) atoms. The van der Waals surface area contributed by atoms with Crippen molar-refractivity contribution in [2.45, 2.75) is 58.6 Å². The first-order chi connectivity index (χ1) is 14.8. The number of nitrogens with zero attached hydrogens (tertiary/aromatic N) is 3. The summed E-state index contributed by atoms with van der Waals surface area (Å²) in [7, 11) is 0. The quantitative estimate of drug-likeness (QED) is 0.588. The second kappa shape index (κ2) is 8.33. The van der Waals surface area contributed by atoms with Gasteiger partial charge in [-0.1, -0.05) is 12.1 Å². The molecule has 0 saturated heterocycles. The lowest BCUT2D eigenvalue weighted by Gasteiger charge is -2.14. The van der Waals surface area contributed by atoms with Crippen LogP contribution in [-0.4, -0.2) is 44.7 Å². The lowest BCUT2D eigenvalue weighted by molar-refractivity contribution is -0.154. The van der Waals surface area contributed by atoms with Gasteiger partial charge < -0.3 is 10.1 Å². The molecule has 162 valence electrons. The van der Waals surface area contributed by atoms with Crippen LogP contribution in [0.1, 0.15) is 43.1 Å². The molecule has 0 bridgehead atoms. The van der Waals surface area contributed by atoms with Crippen LogP contribution in [0.5, 0.6) is 0 Å². The molecule has 1 aliphatic rings. The number of hydrogen-bond donors (Lipinski definition) is 2. The fraction of sp³-hybridized carbons (Fsp3) is 0.409. The monoisotopic (exact) mass is 423 g/mol. The third kappa shape index (κ3) is 4.50. The number of amides is 3. The average Bonchev–Trinajstić information content (AvgIpc) is 3.46. The molecule has 9 heteroatoms. The van der Waals surface area contributed by atoms with Crippen LogP contribution >= 0.6 is 0 Å². The molecule has 1 unspecified atom stereocenters. The second-order valence-electron chi connectivity index (χ2n) is 7.88. The lowest BCUT2D eigenvalue weighted by atomic mass is 10.1. The molecule has 9 nitrogen and oxygen atoms in total. The van der Waals surface area contributed by atoms with Gasteiger partial charge in [-0.05, 0) is 57.7 Å². The fourth-order valence-corrected chi connectivity index (χ4v) is 3.54. The summed E-state index contributed by atoms with van der Waals surface area (Å²) in [4.78, 5) is 40.7. The van der Waals surface area contributed by atoms with E-state index in [1.807, 2.05) is 38.1 Å². The molecule has 2 aromatic heterocycles. The maximum atomic E-state index is 12.3. The SMILES string of the molecule is Cc1nc2c3ccccc3nn2c(C)c1CCC(=O)OC(C)C(=O)NC(=O)NC1CC1. The Morgan fingerprint density at radius 3 is 2.71 bits per heavy atom. The molecule has 0 radical (unpaired) electrons. The predicted octanol–water partition coefficient (Wildman–Crippen LogP) is 2.35. The Morgan fingerprint density at radius 2 is 1.97 bits per heavy atom. The van der Waals surface area contributed by atoms with Gasteiger partial charge in [0.1, 0.15) is 0 Å². The zero-order valence-electron chi connectivity index (χ0n) is 17.8. The van der Waals surface area contributed by atoms with E-state index in [1.54, 1.807) is 4.52 Å². The van der Waals surface area contributed by atoms with Crippen molar-refractivity contribution < 1.29 is 19.1 Å². The number of aryl methyl sites for hydroxylation is 2. The largest absolute Gasteiger partial charge is 0.453 e. The van der Waals surface area contributed by atoms with Gasteiger partial charge in [0.2, 0.25) is 0 Å². The van der Waals surface area contributed by atoms with Gasteiger partial charge in [0.05, 0.1) is 5.52 Å². The molecule has 1 saturated carbocycles. The number of aromatic nitrogens is 3. The summed E-state index contributed by atoms with van der Waals surface area (Å²) in [6.45, 7) is 5.30. The third-order valence-corrected chi connectivity index (χ3v) is 5.42. The van der Waals surface area contributed by atoms with Gasteiger partial charge in [-0.3, -0.25) is 14.9 Å². The van der Waals surface area contributed by atoms with Gasteiger partial charge in [0.15, 0.2) is 11.8 Å². The highest BCUT2D eigenvalue weighted by molar-refractivity contribution is 5.97. The van der Waals surface area contributed by atoms with Crippen molar-refractivity contribution in [1.82, 2.24) is 25.2 Å². The Bertz CT molecular complexity index is 1180. The maximum absolute atomic E-state index is 12.3. The molecule has 4 rings (SSSR count).